The highest BCUT2D eigenvalue weighted by Crippen LogP contribution is 2.40. The van der Waals surface area contributed by atoms with Gasteiger partial charge in [-0.1, -0.05) is 6.42 Å². The average molecular weight is 268 g/mol. The number of nitrogens with two attached hydrogens (primary N) is 1. The Bertz CT molecular complexity index is 425. The summed E-state index contributed by atoms with van der Waals surface area (Å²) in [6, 6.07) is 3.63. The lowest BCUT2D eigenvalue weighted by Gasteiger charge is -2.43. The van der Waals surface area contributed by atoms with Crippen LogP contribution in [0.1, 0.15) is 24.8 Å². The Morgan fingerprint density at radius 2 is 2.05 bits per heavy atom. The molecule has 0 bridgehead atoms. The Hall–Kier alpha value is -1.00. The van der Waals surface area contributed by atoms with E-state index in [1.165, 1.54) is 31.4 Å². The molecule has 0 aromatic heterocycles. The molecule has 1 aliphatic carbocycles. The van der Waals surface area contributed by atoms with Gasteiger partial charge in [0.15, 0.2) is 0 Å². The van der Waals surface area contributed by atoms with Gasteiger partial charge in [-0.3, -0.25) is 0 Å². The number of rotatable bonds is 6. The van der Waals surface area contributed by atoms with Crippen molar-refractivity contribution < 1.29 is 8.78 Å². The molecule has 0 saturated heterocycles. The van der Waals surface area contributed by atoms with E-state index in [9.17, 15) is 8.78 Å². The summed E-state index contributed by atoms with van der Waals surface area (Å²) in [6.45, 7) is 2.38. The second-order valence-corrected chi connectivity index (χ2v) is 5.78. The van der Waals surface area contributed by atoms with Crippen LogP contribution >= 0.6 is 0 Å². The highest BCUT2D eigenvalue weighted by atomic mass is 19.1. The van der Waals surface area contributed by atoms with Crippen molar-refractivity contribution >= 4 is 0 Å². The van der Waals surface area contributed by atoms with Crippen molar-refractivity contribution in [1.82, 2.24) is 4.90 Å². The van der Waals surface area contributed by atoms with Crippen molar-refractivity contribution in [3.63, 3.8) is 0 Å². The second kappa shape index (κ2) is 5.97. The maximum Gasteiger partial charge on any atom is 0.126 e. The van der Waals surface area contributed by atoms with Crippen LogP contribution in [0.2, 0.25) is 0 Å². The summed E-state index contributed by atoms with van der Waals surface area (Å²) < 4.78 is 26.6. The summed E-state index contributed by atoms with van der Waals surface area (Å²) >= 11 is 0. The van der Waals surface area contributed by atoms with Crippen LogP contribution in [-0.4, -0.2) is 31.6 Å². The van der Waals surface area contributed by atoms with E-state index in [4.69, 9.17) is 5.73 Å². The van der Waals surface area contributed by atoms with Crippen LogP contribution in [0.15, 0.2) is 18.2 Å². The normalized spacial score (nSPS) is 17.5. The molecule has 19 heavy (non-hydrogen) atoms. The van der Waals surface area contributed by atoms with Crippen LogP contribution in [0.5, 0.6) is 0 Å². The molecule has 0 aliphatic heterocycles. The molecule has 0 atom stereocenters. The summed E-state index contributed by atoms with van der Waals surface area (Å²) in [7, 11) is 2.02. The molecule has 0 heterocycles. The molecule has 0 amide bonds. The van der Waals surface area contributed by atoms with Crippen LogP contribution in [0.4, 0.5) is 8.78 Å². The Balaban J connectivity index is 1.86. The zero-order valence-corrected chi connectivity index (χ0v) is 11.5. The smallest absolute Gasteiger partial charge is 0.126 e. The highest BCUT2D eigenvalue weighted by molar-refractivity contribution is 5.19. The zero-order chi connectivity index (χ0) is 13.9. The lowest BCUT2D eigenvalue weighted by molar-refractivity contribution is 0.0881. The molecule has 1 aromatic rings. The van der Waals surface area contributed by atoms with Gasteiger partial charge in [-0.25, -0.2) is 8.78 Å². The first-order chi connectivity index (χ1) is 9.04. The van der Waals surface area contributed by atoms with Crippen molar-refractivity contribution in [1.29, 1.82) is 0 Å². The minimum Gasteiger partial charge on any atom is -0.330 e. The average Bonchev–Trinajstić information content (AvgIpc) is 2.35. The molecule has 1 fully saturated rings. The molecule has 2 nitrogen and oxygen atoms in total. The van der Waals surface area contributed by atoms with E-state index in [1.54, 1.807) is 0 Å². The molecule has 0 unspecified atom stereocenters. The van der Waals surface area contributed by atoms with Gasteiger partial charge in [0.25, 0.3) is 0 Å². The van der Waals surface area contributed by atoms with Gasteiger partial charge in [0.2, 0.25) is 0 Å². The number of hydrogen-bond acceptors (Lipinski definition) is 2. The second-order valence-electron chi connectivity index (χ2n) is 5.78. The van der Waals surface area contributed by atoms with E-state index >= 15 is 0 Å². The Morgan fingerprint density at radius 1 is 1.32 bits per heavy atom. The molecule has 106 valence electrons. The third-order valence-corrected chi connectivity index (χ3v) is 4.22. The van der Waals surface area contributed by atoms with Crippen LogP contribution in [0.3, 0.4) is 0 Å². The number of likely N-dealkylation sites (N-methyl/N-ethyl adjacent to an activating group) is 1. The van der Waals surface area contributed by atoms with Crippen molar-refractivity contribution in [3.8, 4) is 0 Å². The van der Waals surface area contributed by atoms with Crippen molar-refractivity contribution in [3.05, 3.63) is 35.4 Å². The molecule has 0 radical (unpaired) electrons. The van der Waals surface area contributed by atoms with Crippen LogP contribution in [0, 0.1) is 17.0 Å². The molecule has 1 saturated carbocycles. The van der Waals surface area contributed by atoms with E-state index in [0.29, 0.717) is 18.5 Å². The molecule has 2 rings (SSSR count). The molecule has 1 aromatic carbocycles. The number of nitrogens with zero attached hydrogens (tertiary/aromatic N) is 1. The highest BCUT2D eigenvalue weighted by Gasteiger charge is 2.36. The van der Waals surface area contributed by atoms with Gasteiger partial charge in [-0.05, 0) is 62.0 Å². The summed E-state index contributed by atoms with van der Waals surface area (Å²) in [5.74, 6) is -0.705. The molecule has 0 spiro atoms. The third kappa shape index (κ3) is 3.51. The largest absolute Gasteiger partial charge is 0.330 e. The minimum atomic E-state index is -0.378. The quantitative estimate of drug-likeness (QED) is 0.859. The van der Waals surface area contributed by atoms with Gasteiger partial charge >= 0.3 is 0 Å². The van der Waals surface area contributed by atoms with Gasteiger partial charge in [-0.15, -0.1) is 0 Å². The van der Waals surface area contributed by atoms with Crippen LogP contribution in [0.25, 0.3) is 0 Å². The zero-order valence-electron chi connectivity index (χ0n) is 11.5. The predicted molar refractivity (Wildman–Crippen MR) is 72.9 cm³/mol. The van der Waals surface area contributed by atoms with E-state index in [0.717, 1.165) is 19.2 Å². The molecule has 4 heteroatoms. The molecular formula is C15H22F2N2. The summed E-state index contributed by atoms with van der Waals surface area (Å²) in [5, 5.41) is 0. The number of benzene rings is 1. The minimum absolute atomic E-state index is 0.259. The Labute approximate surface area is 113 Å². The first-order valence-electron chi connectivity index (χ1n) is 6.87. The topological polar surface area (TPSA) is 29.3 Å². The van der Waals surface area contributed by atoms with Gasteiger partial charge in [-0.2, -0.15) is 0 Å². The van der Waals surface area contributed by atoms with Crippen LogP contribution in [-0.2, 0) is 6.42 Å². The summed E-state index contributed by atoms with van der Waals surface area (Å²) in [5.41, 5.74) is 6.54. The first kappa shape index (κ1) is 14.4. The molecular weight excluding hydrogens is 246 g/mol. The van der Waals surface area contributed by atoms with Crippen molar-refractivity contribution in [2.75, 3.05) is 26.7 Å². The van der Waals surface area contributed by atoms with Crippen molar-refractivity contribution in [2.24, 2.45) is 11.1 Å². The van der Waals surface area contributed by atoms with Gasteiger partial charge in [0.1, 0.15) is 11.6 Å². The van der Waals surface area contributed by atoms with E-state index in [1.807, 2.05) is 7.05 Å². The first-order valence-corrected chi connectivity index (χ1v) is 6.87. The fourth-order valence-electron chi connectivity index (χ4n) is 2.80. The summed E-state index contributed by atoms with van der Waals surface area (Å²) in [6.07, 6.45) is 4.15. The maximum absolute atomic E-state index is 13.5. The summed E-state index contributed by atoms with van der Waals surface area (Å²) in [4.78, 5) is 2.18. The number of halogens is 2. The molecule has 1 aliphatic rings. The van der Waals surface area contributed by atoms with E-state index in [-0.39, 0.29) is 17.0 Å². The SMILES string of the molecule is CN(CCc1cc(F)ccc1F)CC1(CN)CCC1. The lowest BCUT2D eigenvalue weighted by Crippen LogP contribution is -2.46. The standard InChI is InChI=1S/C15H22F2N2/c1-19(11-15(10-18)6-2-7-15)8-5-12-9-13(16)3-4-14(12)17/h3-4,9H,2,5-8,10-11,18H2,1H3. The van der Waals surface area contributed by atoms with E-state index < -0.39 is 0 Å². The van der Waals surface area contributed by atoms with Gasteiger partial charge in [0, 0.05) is 13.1 Å². The van der Waals surface area contributed by atoms with Crippen molar-refractivity contribution in [2.45, 2.75) is 25.7 Å². The lowest BCUT2D eigenvalue weighted by atomic mass is 9.68. The third-order valence-electron chi connectivity index (χ3n) is 4.22. The molecule has 2 N–H and O–H groups in total. The van der Waals surface area contributed by atoms with Gasteiger partial charge < -0.3 is 10.6 Å². The van der Waals surface area contributed by atoms with E-state index in [2.05, 4.69) is 4.90 Å². The Kier molecular flexibility index (Phi) is 4.53. The van der Waals surface area contributed by atoms with Gasteiger partial charge in [0.05, 0.1) is 0 Å². The fourth-order valence-corrected chi connectivity index (χ4v) is 2.80. The monoisotopic (exact) mass is 268 g/mol. The van der Waals surface area contributed by atoms with Crippen LogP contribution < -0.4 is 5.73 Å². The maximum atomic E-state index is 13.5. The fraction of sp³-hybridized carbons (Fsp3) is 0.600. The predicted octanol–water partition coefficient (Wildman–Crippen LogP) is 2.57. The number of hydrogen-bond donors (Lipinski definition) is 1. The Morgan fingerprint density at radius 3 is 2.63 bits per heavy atom.